The highest BCUT2D eigenvalue weighted by atomic mass is 32.1. The summed E-state index contributed by atoms with van der Waals surface area (Å²) in [5.74, 6) is 0.331. The standard InChI is InChI=1S/C27H24F3N5O2S/c1-3-17(2)20-8-5-7-11-23(20)37-13-12-35-16-19(21-9-4-6-10-22(21)35)14-18(15-31)24(36)32-26-34-33-25(38-26)27(28,29)30/h4-11,14,16-17H,3,12-13H2,1-2H3,(H,32,34,36)/b18-14-. The Morgan fingerprint density at radius 3 is 2.66 bits per heavy atom. The SMILES string of the molecule is CCC(C)c1ccccc1OCCn1cc(/C=C(/C#N)C(=O)Nc2nnc(C(F)(F)F)s2)c2ccccc21. The zero-order valence-corrected chi connectivity index (χ0v) is 21.4. The van der Waals surface area contributed by atoms with Gasteiger partial charge in [-0.1, -0.05) is 61.6 Å². The van der Waals surface area contributed by atoms with Gasteiger partial charge in [0.2, 0.25) is 10.1 Å². The summed E-state index contributed by atoms with van der Waals surface area (Å²) in [6.07, 6.45) is -0.461. The number of nitrogens with zero attached hydrogens (tertiary/aromatic N) is 4. The Labute approximate surface area is 221 Å². The summed E-state index contributed by atoms with van der Waals surface area (Å²) in [6, 6.07) is 17.3. The number of aromatic nitrogens is 3. The molecule has 4 rings (SSSR count). The molecule has 0 aliphatic heterocycles. The number of carbonyl (C=O) groups excluding carboxylic acids is 1. The summed E-state index contributed by atoms with van der Waals surface area (Å²) in [7, 11) is 0. The van der Waals surface area contributed by atoms with Crippen LogP contribution >= 0.6 is 11.3 Å². The number of nitrogens with one attached hydrogen (secondary N) is 1. The Hall–Kier alpha value is -4.17. The highest BCUT2D eigenvalue weighted by Crippen LogP contribution is 2.33. The number of anilines is 1. The second kappa shape index (κ2) is 11.5. The lowest BCUT2D eigenvalue weighted by molar-refractivity contribution is -0.138. The predicted octanol–water partition coefficient (Wildman–Crippen LogP) is 6.65. The normalized spacial score (nSPS) is 12.8. The van der Waals surface area contributed by atoms with Crippen molar-refractivity contribution in [3.63, 3.8) is 0 Å². The number of halogens is 3. The number of ether oxygens (including phenoxy) is 1. The molecule has 1 unspecified atom stereocenters. The van der Waals surface area contributed by atoms with Crippen molar-refractivity contribution in [3.8, 4) is 11.8 Å². The fraction of sp³-hybridized carbons (Fsp3) is 0.259. The van der Waals surface area contributed by atoms with Crippen LogP contribution < -0.4 is 10.1 Å². The Morgan fingerprint density at radius 1 is 1.21 bits per heavy atom. The highest BCUT2D eigenvalue weighted by molar-refractivity contribution is 7.15. The first-order chi connectivity index (χ1) is 18.2. The van der Waals surface area contributed by atoms with Gasteiger partial charge in [-0.25, -0.2) is 0 Å². The summed E-state index contributed by atoms with van der Waals surface area (Å²) in [5, 5.41) is 17.5. The van der Waals surface area contributed by atoms with Crippen LogP contribution in [-0.2, 0) is 17.5 Å². The van der Waals surface area contributed by atoms with Crippen LogP contribution in [0.3, 0.4) is 0 Å². The first kappa shape index (κ1) is 26.9. The van der Waals surface area contributed by atoms with Crippen LogP contribution in [0.4, 0.5) is 18.3 Å². The van der Waals surface area contributed by atoms with E-state index in [1.165, 1.54) is 6.08 Å². The van der Waals surface area contributed by atoms with Crippen molar-refractivity contribution >= 4 is 39.4 Å². The Balaban J connectivity index is 1.53. The van der Waals surface area contributed by atoms with Crippen molar-refractivity contribution in [2.75, 3.05) is 11.9 Å². The minimum absolute atomic E-state index is 0.186. The van der Waals surface area contributed by atoms with Gasteiger partial charge in [0.15, 0.2) is 0 Å². The fourth-order valence-electron chi connectivity index (χ4n) is 3.93. The van der Waals surface area contributed by atoms with E-state index >= 15 is 0 Å². The van der Waals surface area contributed by atoms with Gasteiger partial charge in [-0.2, -0.15) is 18.4 Å². The van der Waals surface area contributed by atoms with Gasteiger partial charge < -0.3 is 9.30 Å². The number of rotatable bonds is 9. The Bertz CT molecular complexity index is 1520. The molecule has 2 aromatic carbocycles. The molecule has 0 aliphatic rings. The number of benzene rings is 2. The van der Waals surface area contributed by atoms with Crippen LogP contribution in [0.25, 0.3) is 17.0 Å². The number of alkyl halides is 3. The van der Waals surface area contributed by atoms with Gasteiger partial charge in [-0.3, -0.25) is 10.1 Å². The zero-order valence-electron chi connectivity index (χ0n) is 20.6. The molecule has 2 aromatic heterocycles. The van der Waals surface area contributed by atoms with Crippen molar-refractivity contribution in [2.45, 2.75) is 38.9 Å². The molecule has 38 heavy (non-hydrogen) atoms. The second-order valence-electron chi connectivity index (χ2n) is 8.52. The molecule has 0 bridgehead atoms. The molecule has 11 heteroatoms. The molecule has 0 saturated heterocycles. The van der Waals surface area contributed by atoms with E-state index in [4.69, 9.17) is 4.74 Å². The maximum atomic E-state index is 12.8. The summed E-state index contributed by atoms with van der Waals surface area (Å²) in [6.45, 7) is 5.21. The molecule has 0 aliphatic carbocycles. The maximum Gasteiger partial charge on any atom is 0.445 e. The van der Waals surface area contributed by atoms with E-state index in [-0.39, 0.29) is 22.0 Å². The van der Waals surface area contributed by atoms with Gasteiger partial charge >= 0.3 is 6.18 Å². The largest absolute Gasteiger partial charge is 0.491 e. The molecular weight excluding hydrogens is 515 g/mol. The maximum absolute atomic E-state index is 12.8. The molecule has 7 nitrogen and oxygen atoms in total. The molecule has 0 saturated carbocycles. The molecule has 1 amide bonds. The summed E-state index contributed by atoms with van der Waals surface area (Å²) in [4.78, 5) is 12.6. The third-order valence-corrected chi connectivity index (χ3v) is 6.91. The molecule has 1 N–H and O–H groups in total. The minimum Gasteiger partial charge on any atom is -0.491 e. The fourth-order valence-corrected chi connectivity index (χ4v) is 4.53. The van der Waals surface area contributed by atoms with Crippen molar-refractivity contribution in [1.29, 1.82) is 5.26 Å². The number of carbonyl (C=O) groups is 1. The quantitative estimate of drug-likeness (QED) is 0.190. The molecule has 0 fully saturated rings. The van der Waals surface area contributed by atoms with E-state index in [0.29, 0.717) is 24.6 Å². The smallest absolute Gasteiger partial charge is 0.445 e. The van der Waals surface area contributed by atoms with Crippen LogP contribution in [0.1, 0.15) is 42.3 Å². The Kier molecular flexibility index (Phi) is 8.12. The minimum atomic E-state index is -4.67. The lowest BCUT2D eigenvalue weighted by Crippen LogP contribution is -2.13. The average Bonchev–Trinajstić information content (AvgIpc) is 3.52. The molecule has 0 spiro atoms. The molecule has 4 aromatic rings. The van der Waals surface area contributed by atoms with Gasteiger partial charge in [0, 0.05) is 22.7 Å². The lowest BCUT2D eigenvalue weighted by Gasteiger charge is -2.16. The monoisotopic (exact) mass is 539 g/mol. The van der Waals surface area contributed by atoms with Crippen LogP contribution in [0, 0.1) is 11.3 Å². The van der Waals surface area contributed by atoms with Gasteiger partial charge in [0.25, 0.3) is 5.91 Å². The van der Waals surface area contributed by atoms with Crippen LogP contribution in [-0.4, -0.2) is 27.3 Å². The molecule has 0 radical (unpaired) electrons. The van der Waals surface area contributed by atoms with Gasteiger partial charge in [-0.05, 0) is 36.1 Å². The second-order valence-corrected chi connectivity index (χ2v) is 9.50. The van der Waals surface area contributed by atoms with Crippen LogP contribution in [0.2, 0.25) is 0 Å². The lowest BCUT2D eigenvalue weighted by atomic mass is 9.98. The number of fused-ring (bicyclic) bond motifs is 1. The van der Waals surface area contributed by atoms with Gasteiger partial charge in [0.1, 0.15) is 24.0 Å². The van der Waals surface area contributed by atoms with E-state index in [9.17, 15) is 23.2 Å². The third-order valence-electron chi connectivity index (χ3n) is 6.02. The summed E-state index contributed by atoms with van der Waals surface area (Å²) >= 11 is 0.186. The van der Waals surface area contributed by atoms with Crippen molar-refractivity contribution in [2.24, 2.45) is 0 Å². The third kappa shape index (κ3) is 6.03. The Morgan fingerprint density at radius 2 is 1.95 bits per heavy atom. The number of hydrogen-bond donors (Lipinski definition) is 1. The zero-order chi connectivity index (χ0) is 27.3. The van der Waals surface area contributed by atoms with E-state index in [0.717, 1.165) is 28.6 Å². The average molecular weight is 540 g/mol. The van der Waals surface area contributed by atoms with E-state index in [1.807, 2.05) is 59.3 Å². The van der Waals surface area contributed by atoms with E-state index in [1.54, 1.807) is 0 Å². The molecule has 2 heterocycles. The highest BCUT2D eigenvalue weighted by Gasteiger charge is 2.36. The van der Waals surface area contributed by atoms with Gasteiger partial charge in [0.05, 0.1) is 6.54 Å². The van der Waals surface area contributed by atoms with Gasteiger partial charge in [-0.15, -0.1) is 10.2 Å². The molecule has 196 valence electrons. The van der Waals surface area contributed by atoms with E-state index in [2.05, 4.69) is 35.4 Å². The summed E-state index contributed by atoms with van der Waals surface area (Å²) in [5.41, 5.74) is 2.36. The first-order valence-corrected chi connectivity index (χ1v) is 12.7. The summed E-state index contributed by atoms with van der Waals surface area (Å²) < 4.78 is 46.4. The van der Waals surface area contributed by atoms with Crippen molar-refractivity contribution in [1.82, 2.24) is 14.8 Å². The number of hydrogen-bond acceptors (Lipinski definition) is 6. The number of nitriles is 1. The van der Waals surface area contributed by atoms with Crippen molar-refractivity contribution < 1.29 is 22.7 Å². The molecular formula is C27H24F3N5O2S. The number of para-hydroxylation sites is 2. The molecule has 1 atom stereocenters. The number of amides is 1. The topological polar surface area (TPSA) is 92.8 Å². The first-order valence-electron chi connectivity index (χ1n) is 11.8. The van der Waals surface area contributed by atoms with E-state index < -0.39 is 17.1 Å². The van der Waals surface area contributed by atoms with Crippen molar-refractivity contribution in [3.05, 3.63) is 76.4 Å². The van der Waals surface area contributed by atoms with Crippen LogP contribution in [0.5, 0.6) is 5.75 Å². The van der Waals surface area contributed by atoms with Crippen LogP contribution in [0.15, 0.2) is 60.3 Å². The predicted molar refractivity (Wildman–Crippen MR) is 140 cm³/mol.